The van der Waals surface area contributed by atoms with Gasteiger partial charge in [0.1, 0.15) is 6.10 Å². The van der Waals surface area contributed by atoms with Crippen LogP contribution >= 0.6 is 0 Å². The van der Waals surface area contributed by atoms with E-state index in [1.165, 1.54) is 11.1 Å². The lowest BCUT2D eigenvalue weighted by atomic mass is 10.0. The first-order valence-electron chi connectivity index (χ1n) is 5.32. The molecule has 0 aliphatic heterocycles. The molecule has 0 amide bonds. The molecular weight excluding hydrogens is 200 g/mol. The van der Waals surface area contributed by atoms with Crippen LogP contribution in [0, 0.1) is 13.8 Å². The maximum atomic E-state index is 10.2. The molecule has 2 rings (SSSR count). The molecule has 1 heterocycles. The summed E-state index contributed by atoms with van der Waals surface area (Å²) in [5.74, 6) is 0. The molecule has 1 N–H and O–H groups in total. The zero-order valence-corrected chi connectivity index (χ0v) is 9.81. The highest BCUT2D eigenvalue weighted by atomic mass is 16.3. The number of hydrogen-bond acceptors (Lipinski definition) is 2. The van der Waals surface area contributed by atoms with E-state index in [1.54, 1.807) is 10.9 Å². The van der Waals surface area contributed by atoms with Crippen molar-refractivity contribution in [1.82, 2.24) is 9.78 Å². The summed E-state index contributed by atoms with van der Waals surface area (Å²) in [5, 5.41) is 14.3. The van der Waals surface area contributed by atoms with Gasteiger partial charge in [0.25, 0.3) is 0 Å². The van der Waals surface area contributed by atoms with Gasteiger partial charge in [-0.25, -0.2) is 0 Å². The molecule has 2 aromatic rings. The highest BCUT2D eigenvalue weighted by Gasteiger charge is 2.14. The average Bonchev–Trinajstić information content (AvgIpc) is 2.67. The van der Waals surface area contributed by atoms with Crippen LogP contribution in [0.4, 0.5) is 0 Å². The number of aliphatic hydroxyl groups excluding tert-OH is 1. The maximum Gasteiger partial charge on any atom is 0.121 e. The van der Waals surface area contributed by atoms with E-state index in [0.29, 0.717) is 0 Å². The number of aromatic nitrogens is 2. The van der Waals surface area contributed by atoms with E-state index in [0.717, 1.165) is 11.3 Å². The van der Waals surface area contributed by atoms with Crippen LogP contribution in [0.3, 0.4) is 0 Å². The van der Waals surface area contributed by atoms with Crippen molar-refractivity contribution in [3.8, 4) is 0 Å². The number of rotatable bonds is 2. The molecule has 16 heavy (non-hydrogen) atoms. The third-order valence-corrected chi connectivity index (χ3v) is 2.99. The molecule has 1 unspecified atom stereocenters. The predicted octanol–water partition coefficient (Wildman–Crippen LogP) is 2.12. The molecule has 1 atom stereocenters. The van der Waals surface area contributed by atoms with Crippen molar-refractivity contribution < 1.29 is 5.11 Å². The molecule has 0 aliphatic rings. The second kappa shape index (κ2) is 4.10. The van der Waals surface area contributed by atoms with Crippen molar-refractivity contribution in [1.29, 1.82) is 0 Å². The summed E-state index contributed by atoms with van der Waals surface area (Å²) in [6.45, 7) is 4.12. The third kappa shape index (κ3) is 1.86. The number of hydrogen-bond donors (Lipinski definition) is 1. The topological polar surface area (TPSA) is 38.1 Å². The van der Waals surface area contributed by atoms with Gasteiger partial charge < -0.3 is 5.11 Å². The molecule has 84 valence electrons. The van der Waals surface area contributed by atoms with Crippen LogP contribution in [-0.2, 0) is 7.05 Å². The largest absolute Gasteiger partial charge is 0.382 e. The second-order valence-electron chi connectivity index (χ2n) is 4.13. The average molecular weight is 216 g/mol. The smallest absolute Gasteiger partial charge is 0.121 e. The fourth-order valence-corrected chi connectivity index (χ4v) is 1.76. The molecule has 0 saturated carbocycles. The maximum absolute atomic E-state index is 10.2. The Morgan fingerprint density at radius 3 is 2.50 bits per heavy atom. The highest BCUT2D eigenvalue weighted by Crippen LogP contribution is 2.22. The van der Waals surface area contributed by atoms with Gasteiger partial charge in [-0.05, 0) is 36.6 Å². The van der Waals surface area contributed by atoms with E-state index in [1.807, 2.05) is 31.3 Å². The molecule has 0 aliphatic carbocycles. The Labute approximate surface area is 95.3 Å². The molecule has 3 heteroatoms. The Hall–Kier alpha value is -1.61. The number of aliphatic hydroxyl groups is 1. The van der Waals surface area contributed by atoms with Gasteiger partial charge in [0.15, 0.2) is 0 Å². The van der Waals surface area contributed by atoms with Crippen molar-refractivity contribution in [3.63, 3.8) is 0 Å². The molecule has 1 aromatic heterocycles. The zero-order chi connectivity index (χ0) is 11.7. The molecule has 0 fully saturated rings. The van der Waals surface area contributed by atoms with Crippen molar-refractivity contribution in [2.24, 2.45) is 7.05 Å². The summed E-state index contributed by atoms with van der Waals surface area (Å²) in [6.07, 6.45) is 1.09. The van der Waals surface area contributed by atoms with Crippen molar-refractivity contribution in [3.05, 3.63) is 52.8 Å². The molecular formula is C13H16N2O. The van der Waals surface area contributed by atoms with Gasteiger partial charge in [0.05, 0.1) is 5.69 Å². The van der Waals surface area contributed by atoms with Crippen molar-refractivity contribution in [2.45, 2.75) is 20.0 Å². The van der Waals surface area contributed by atoms with Crippen LogP contribution in [0.1, 0.15) is 28.5 Å². The Balaban J connectivity index is 2.38. The minimum Gasteiger partial charge on any atom is -0.382 e. The normalized spacial score (nSPS) is 12.8. The van der Waals surface area contributed by atoms with Crippen molar-refractivity contribution in [2.75, 3.05) is 0 Å². The Morgan fingerprint density at radius 1 is 1.19 bits per heavy atom. The number of nitrogens with zero attached hydrogens (tertiary/aromatic N) is 2. The van der Waals surface area contributed by atoms with E-state index in [4.69, 9.17) is 0 Å². The van der Waals surface area contributed by atoms with Gasteiger partial charge >= 0.3 is 0 Å². The summed E-state index contributed by atoms with van der Waals surface area (Å²) >= 11 is 0. The summed E-state index contributed by atoms with van der Waals surface area (Å²) in [5.41, 5.74) is 4.15. The minimum atomic E-state index is -0.605. The lowest BCUT2D eigenvalue weighted by molar-refractivity contribution is 0.209. The van der Waals surface area contributed by atoms with Gasteiger partial charge in [-0.3, -0.25) is 4.68 Å². The van der Waals surface area contributed by atoms with E-state index in [-0.39, 0.29) is 0 Å². The summed E-state index contributed by atoms with van der Waals surface area (Å²) in [4.78, 5) is 0. The molecule has 3 nitrogen and oxygen atoms in total. The molecule has 0 saturated heterocycles. The Kier molecular flexibility index (Phi) is 2.79. The lowest BCUT2D eigenvalue weighted by Crippen LogP contribution is -2.06. The fraction of sp³-hybridized carbons (Fsp3) is 0.308. The SMILES string of the molecule is Cc1ccc(C(O)c2ccnn2C)cc1C. The summed E-state index contributed by atoms with van der Waals surface area (Å²) in [6, 6.07) is 7.84. The van der Waals surface area contributed by atoms with E-state index < -0.39 is 6.10 Å². The Morgan fingerprint density at radius 2 is 1.94 bits per heavy atom. The van der Waals surface area contributed by atoms with Gasteiger partial charge in [0, 0.05) is 13.2 Å². The standard InChI is InChI=1S/C13H16N2O/c1-9-4-5-11(8-10(9)2)13(16)12-6-7-14-15(12)3/h4-8,13,16H,1-3H3. The summed E-state index contributed by atoms with van der Waals surface area (Å²) in [7, 11) is 1.83. The molecule has 0 radical (unpaired) electrons. The van der Waals surface area contributed by atoms with Gasteiger partial charge in [-0.15, -0.1) is 0 Å². The number of benzene rings is 1. The van der Waals surface area contributed by atoms with Gasteiger partial charge in [0.2, 0.25) is 0 Å². The predicted molar refractivity (Wildman–Crippen MR) is 63.2 cm³/mol. The van der Waals surface area contributed by atoms with E-state index >= 15 is 0 Å². The van der Waals surface area contributed by atoms with Crippen LogP contribution in [0.2, 0.25) is 0 Å². The second-order valence-corrected chi connectivity index (χ2v) is 4.13. The highest BCUT2D eigenvalue weighted by molar-refractivity contribution is 5.34. The van der Waals surface area contributed by atoms with Crippen LogP contribution in [0.5, 0.6) is 0 Å². The van der Waals surface area contributed by atoms with Crippen LogP contribution in [-0.4, -0.2) is 14.9 Å². The summed E-state index contributed by atoms with van der Waals surface area (Å²) < 4.78 is 1.69. The minimum absolute atomic E-state index is 0.605. The first kappa shape index (κ1) is 10.9. The lowest BCUT2D eigenvalue weighted by Gasteiger charge is -2.13. The van der Waals surface area contributed by atoms with E-state index in [9.17, 15) is 5.11 Å². The van der Waals surface area contributed by atoms with Crippen LogP contribution in [0.15, 0.2) is 30.5 Å². The first-order valence-corrected chi connectivity index (χ1v) is 5.32. The van der Waals surface area contributed by atoms with Gasteiger partial charge in [-0.1, -0.05) is 18.2 Å². The zero-order valence-electron chi connectivity index (χ0n) is 9.81. The van der Waals surface area contributed by atoms with E-state index in [2.05, 4.69) is 18.9 Å². The van der Waals surface area contributed by atoms with Crippen molar-refractivity contribution >= 4 is 0 Å². The fourth-order valence-electron chi connectivity index (χ4n) is 1.76. The third-order valence-electron chi connectivity index (χ3n) is 2.99. The molecule has 0 spiro atoms. The number of aryl methyl sites for hydroxylation is 3. The van der Waals surface area contributed by atoms with Gasteiger partial charge in [-0.2, -0.15) is 5.10 Å². The first-order chi connectivity index (χ1) is 7.59. The molecule has 0 bridgehead atoms. The van der Waals surface area contributed by atoms with Crippen LogP contribution < -0.4 is 0 Å². The molecule has 1 aromatic carbocycles. The quantitative estimate of drug-likeness (QED) is 0.835. The monoisotopic (exact) mass is 216 g/mol. The Bertz CT molecular complexity index is 502. The van der Waals surface area contributed by atoms with Crippen LogP contribution in [0.25, 0.3) is 0 Å².